The molecular formula is C15H13NO2. The van der Waals surface area contributed by atoms with Gasteiger partial charge in [-0.05, 0) is 23.8 Å². The first-order valence-corrected chi connectivity index (χ1v) is 5.90. The lowest BCUT2D eigenvalue weighted by atomic mass is 9.70. The Bertz CT molecular complexity index is 636. The second kappa shape index (κ2) is 3.42. The Labute approximate surface area is 105 Å². The summed E-state index contributed by atoms with van der Waals surface area (Å²) in [5, 5.41) is 3.23. The highest BCUT2D eigenvalue weighted by Crippen LogP contribution is 2.43. The third kappa shape index (κ3) is 1.30. The molecule has 1 heterocycles. The first kappa shape index (κ1) is 11.0. The van der Waals surface area contributed by atoms with Gasteiger partial charge in [-0.3, -0.25) is 9.59 Å². The molecule has 0 radical (unpaired) electrons. The average molecular weight is 239 g/mol. The van der Waals surface area contributed by atoms with Gasteiger partial charge in [-0.1, -0.05) is 32.0 Å². The molecular weight excluding hydrogens is 226 g/mol. The minimum atomic E-state index is -0.450. The molecule has 2 aliphatic rings. The Morgan fingerprint density at radius 1 is 1.06 bits per heavy atom. The molecule has 18 heavy (non-hydrogen) atoms. The largest absolute Gasteiger partial charge is 0.355 e. The van der Waals surface area contributed by atoms with E-state index in [1.54, 1.807) is 6.08 Å². The number of anilines is 1. The number of hydrogen-bond donors (Lipinski definition) is 1. The summed E-state index contributed by atoms with van der Waals surface area (Å²) in [4.78, 5) is 23.6. The number of rotatable bonds is 0. The van der Waals surface area contributed by atoms with Crippen LogP contribution >= 0.6 is 0 Å². The lowest BCUT2D eigenvalue weighted by molar-refractivity contribution is -0.132. The van der Waals surface area contributed by atoms with Crippen molar-refractivity contribution >= 4 is 17.3 Å². The molecule has 0 atom stereocenters. The highest BCUT2D eigenvalue weighted by molar-refractivity contribution is 6.49. The Kier molecular flexibility index (Phi) is 2.08. The first-order valence-electron chi connectivity index (χ1n) is 5.90. The van der Waals surface area contributed by atoms with Gasteiger partial charge in [-0.2, -0.15) is 0 Å². The van der Waals surface area contributed by atoms with E-state index in [0.717, 1.165) is 16.9 Å². The van der Waals surface area contributed by atoms with Gasteiger partial charge < -0.3 is 5.32 Å². The van der Waals surface area contributed by atoms with Crippen molar-refractivity contribution in [2.45, 2.75) is 19.3 Å². The molecule has 3 nitrogen and oxygen atoms in total. The minimum Gasteiger partial charge on any atom is -0.355 e. The fourth-order valence-electron chi connectivity index (χ4n) is 2.71. The fourth-order valence-corrected chi connectivity index (χ4v) is 2.71. The number of nitrogens with one attached hydrogen (secondary N) is 1. The topological polar surface area (TPSA) is 46.2 Å². The summed E-state index contributed by atoms with van der Waals surface area (Å²) in [6, 6.07) is 7.86. The van der Waals surface area contributed by atoms with Gasteiger partial charge in [0.1, 0.15) is 0 Å². The summed E-state index contributed by atoms with van der Waals surface area (Å²) in [5.74, 6) is -0.845. The zero-order valence-corrected chi connectivity index (χ0v) is 10.3. The molecule has 1 aliphatic carbocycles. The molecule has 0 aromatic heterocycles. The van der Waals surface area contributed by atoms with E-state index < -0.39 is 17.0 Å². The van der Waals surface area contributed by atoms with Crippen molar-refractivity contribution in [3.8, 4) is 0 Å². The number of fused-ring (bicyclic) bond motifs is 1. The van der Waals surface area contributed by atoms with Crippen LogP contribution in [0.1, 0.15) is 19.4 Å². The monoisotopic (exact) mass is 239 g/mol. The maximum absolute atomic E-state index is 12.1. The molecule has 1 aromatic rings. The van der Waals surface area contributed by atoms with Gasteiger partial charge in [0, 0.05) is 22.4 Å². The highest BCUT2D eigenvalue weighted by Gasteiger charge is 2.40. The fraction of sp³-hybridized carbons (Fsp3) is 0.200. The lowest BCUT2D eigenvalue weighted by Gasteiger charge is -2.37. The van der Waals surface area contributed by atoms with Crippen LogP contribution < -0.4 is 5.32 Å². The third-order valence-corrected chi connectivity index (χ3v) is 3.62. The van der Waals surface area contributed by atoms with Crippen molar-refractivity contribution in [3.63, 3.8) is 0 Å². The van der Waals surface area contributed by atoms with E-state index in [0.29, 0.717) is 5.57 Å². The molecule has 0 bridgehead atoms. The lowest BCUT2D eigenvalue weighted by Crippen LogP contribution is -2.37. The molecule has 1 aliphatic heterocycles. The van der Waals surface area contributed by atoms with Crippen molar-refractivity contribution in [1.29, 1.82) is 0 Å². The normalized spacial score (nSPS) is 20.3. The van der Waals surface area contributed by atoms with Crippen molar-refractivity contribution in [3.05, 3.63) is 53.3 Å². The van der Waals surface area contributed by atoms with Crippen LogP contribution in [-0.4, -0.2) is 11.6 Å². The van der Waals surface area contributed by atoms with Crippen LogP contribution in [0.3, 0.4) is 0 Å². The van der Waals surface area contributed by atoms with Gasteiger partial charge in [-0.15, -0.1) is 0 Å². The molecule has 0 fully saturated rings. The van der Waals surface area contributed by atoms with Gasteiger partial charge in [0.05, 0.1) is 0 Å². The summed E-state index contributed by atoms with van der Waals surface area (Å²) in [5.41, 5.74) is 2.89. The van der Waals surface area contributed by atoms with E-state index in [9.17, 15) is 9.59 Å². The number of carbonyl (C=O) groups excluding carboxylic acids is 2. The molecule has 0 saturated carbocycles. The molecule has 0 amide bonds. The van der Waals surface area contributed by atoms with Crippen molar-refractivity contribution < 1.29 is 9.59 Å². The van der Waals surface area contributed by atoms with Crippen LogP contribution in [0, 0.1) is 0 Å². The second-order valence-corrected chi connectivity index (χ2v) is 5.11. The smallest absolute Gasteiger partial charge is 0.231 e. The summed E-state index contributed by atoms with van der Waals surface area (Å²) >= 11 is 0. The number of allylic oxidation sites excluding steroid dienone is 3. The summed E-state index contributed by atoms with van der Waals surface area (Å²) < 4.78 is 0. The Morgan fingerprint density at radius 2 is 1.78 bits per heavy atom. The van der Waals surface area contributed by atoms with Crippen molar-refractivity contribution in [1.82, 2.24) is 0 Å². The zero-order chi connectivity index (χ0) is 12.9. The average Bonchev–Trinajstić information content (AvgIpc) is 2.33. The van der Waals surface area contributed by atoms with Gasteiger partial charge in [0.25, 0.3) is 0 Å². The molecule has 1 aromatic carbocycles. The standard InChI is InChI=1S/C15H13NO2/c1-15(2)9-5-3-4-6-10(9)16-11-7-8-12(17)14(18)13(11)15/h3-8,16H,1-2H3. The summed E-state index contributed by atoms with van der Waals surface area (Å²) in [7, 11) is 0. The van der Waals surface area contributed by atoms with E-state index in [1.165, 1.54) is 6.08 Å². The van der Waals surface area contributed by atoms with E-state index >= 15 is 0 Å². The maximum atomic E-state index is 12.1. The Hall–Kier alpha value is -2.16. The molecule has 0 saturated heterocycles. The molecule has 1 N–H and O–H groups in total. The molecule has 90 valence electrons. The molecule has 0 spiro atoms. The zero-order valence-electron chi connectivity index (χ0n) is 10.3. The van der Waals surface area contributed by atoms with E-state index in [-0.39, 0.29) is 0 Å². The highest BCUT2D eigenvalue weighted by atomic mass is 16.2. The van der Waals surface area contributed by atoms with E-state index in [4.69, 9.17) is 0 Å². The number of hydrogen-bond acceptors (Lipinski definition) is 3. The van der Waals surface area contributed by atoms with Gasteiger partial charge in [-0.25, -0.2) is 0 Å². The minimum absolute atomic E-state index is 0.403. The van der Waals surface area contributed by atoms with Gasteiger partial charge >= 0.3 is 0 Å². The summed E-state index contributed by atoms with van der Waals surface area (Å²) in [6.07, 6.45) is 3.02. The SMILES string of the molecule is CC1(C)C2=C(C=CC(=O)C2=O)Nc2ccccc21. The number of benzene rings is 1. The van der Waals surface area contributed by atoms with Crippen LogP contribution in [0.5, 0.6) is 0 Å². The van der Waals surface area contributed by atoms with Gasteiger partial charge in [0.15, 0.2) is 0 Å². The third-order valence-electron chi connectivity index (χ3n) is 3.62. The van der Waals surface area contributed by atoms with Crippen LogP contribution in [0.4, 0.5) is 5.69 Å². The van der Waals surface area contributed by atoms with Crippen LogP contribution in [0.2, 0.25) is 0 Å². The number of carbonyl (C=O) groups is 2. The van der Waals surface area contributed by atoms with Crippen LogP contribution in [0.25, 0.3) is 0 Å². The number of para-hydroxylation sites is 1. The van der Waals surface area contributed by atoms with E-state index in [2.05, 4.69) is 5.32 Å². The van der Waals surface area contributed by atoms with Crippen molar-refractivity contribution in [2.24, 2.45) is 0 Å². The second-order valence-electron chi connectivity index (χ2n) is 5.11. The number of ketones is 2. The molecule has 0 unspecified atom stereocenters. The molecule has 3 rings (SSSR count). The van der Waals surface area contributed by atoms with E-state index in [1.807, 2.05) is 38.1 Å². The Morgan fingerprint density at radius 3 is 2.56 bits per heavy atom. The van der Waals surface area contributed by atoms with Crippen LogP contribution in [-0.2, 0) is 15.0 Å². The predicted octanol–water partition coefficient (Wildman–Crippen LogP) is 2.35. The maximum Gasteiger partial charge on any atom is 0.231 e. The van der Waals surface area contributed by atoms with Crippen LogP contribution in [0.15, 0.2) is 47.7 Å². The number of Topliss-reactive ketones (excluding diaryl/α,β-unsaturated/α-hetero) is 1. The quantitative estimate of drug-likeness (QED) is 0.558. The Balaban J connectivity index is 2.26. The predicted molar refractivity (Wildman–Crippen MR) is 69.3 cm³/mol. The first-order chi connectivity index (χ1) is 8.51. The summed E-state index contributed by atoms with van der Waals surface area (Å²) in [6.45, 7) is 3.96. The molecule has 3 heteroatoms. The van der Waals surface area contributed by atoms with Gasteiger partial charge in [0.2, 0.25) is 11.6 Å². The van der Waals surface area contributed by atoms with Crippen molar-refractivity contribution in [2.75, 3.05) is 5.32 Å².